The van der Waals surface area contributed by atoms with Crippen LogP contribution in [0.2, 0.25) is 0 Å². The molecule has 170 valence electrons. The lowest BCUT2D eigenvalue weighted by Gasteiger charge is -2.44. The van der Waals surface area contributed by atoms with Crippen LogP contribution >= 0.6 is 0 Å². The molecule has 29 heavy (non-hydrogen) atoms. The molecule has 3 rings (SSSR count). The predicted octanol–water partition coefficient (Wildman–Crippen LogP) is -2.17. The van der Waals surface area contributed by atoms with Crippen LogP contribution in [0.15, 0.2) is 0 Å². The molecule has 0 aliphatic carbocycles. The molecule has 3 aliphatic heterocycles. The van der Waals surface area contributed by atoms with Gasteiger partial charge in [-0.2, -0.15) is 13.3 Å². The van der Waals surface area contributed by atoms with Crippen LogP contribution in [-0.4, -0.2) is 104 Å². The molecular weight excluding hydrogens is 424 g/mol. The van der Waals surface area contributed by atoms with Gasteiger partial charge in [0.05, 0.1) is 13.2 Å². The fourth-order valence-corrected chi connectivity index (χ4v) is 4.21. The zero-order valence-corrected chi connectivity index (χ0v) is 16.3. The second kappa shape index (κ2) is 9.31. The van der Waals surface area contributed by atoms with Crippen LogP contribution in [0.25, 0.3) is 0 Å². The maximum atomic E-state index is 11.2. The molecule has 3 saturated heterocycles. The molecule has 4 N–H and O–H groups in total. The van der Waals surface area contributed by atoms with Gasteiger partial charge in [-0.3, -0.25) is 4.55 Å². The van der Waals surface area contributed by atoms with E-state index in [1.807, 2.05) is 0 Å². The van der Waals surface area contributed by atoms with E-state index >= 15 is 0 Å². The summed E-state index contributed by atoms with van der Waals surface area (Å²) in [5.74, 6) is -0.697. The Kier molecular flexibility index (Phi) is 7.43. The first kappa shape index (κ1) is 23.1. The highest BCUT2D eigenvalue weighted by Gasteiger charge is 2.56. The summed E-state index contributed by atoms with van der Waals surface area (Å²) in [6, 6.07) is 0. The van der Waals surface area contributed by atoms with Gasteiger partial charge in [0.1, 0.15) is 36.6 Å². The average Bonchev–Trinajstić information content (AvgIpc) is 2.96. The fourth-order valence-electron chi connectivity index (χ4n) is 3.73. The number of aliphatic hydroxyl groups excluding tert-OH is 2. The first-order valence-corrected chi connectivity index (χ1v) is 10.1. The van der Waals surface area contributed by atoms with Crippen LogP contribution < -0.4 is 0 Å². The molecule has 2 bridgehead atoms. The Morgan fingerprint density at radius 3 is 2.45 bits per heavy atom. The van der Waals surface area contributed by atoms with Crippen LogP contribution in [0, 0.1) is 5.92 Å². The Hall–Kier alpha value is -0.530. The zero-order valence-electron chi connectivity index (χ0n) is 15.5. The van der Waals surface area contributed by atoms with Gasteiger partial charge in [0, 0.05) is 13.0 Å². The molecule has 0 aromatic heterocycles. The summed E-state index contributed by atoms with van der Waals surface area (Å²) in [7, 11) is -3.60. The number of ether oxygens (including phenoxy) is 5. The minimum Gasteiger partial charge on any atom is -0.394 e. The molecule has 14 nitrogen and oxygen atoms in total. The number of hydrogen-bond donors (Lipinski definition) is 4. The van der Waals surface area contributed by atoms with Crippen molar-refractivity contribution in [2.45, 2.75) is 62.2 Å². The molecule has 3 aliphatic rings. The summed E-state index contributed by atoms with van der Waals surface area (Å²) in [6.45, 7) is 1.03. The average molecular weight is 448 g/mol. The maximum Gasteiger partial charge on any atom is 0.397 e. The monoisotopic (exact) mass is 448 g/mol. The first-order valence-electron chi connectivity index (χ1n) is 8.72. The Morgan fingerprint density at radius 2 is 1.86 bits per heavy atom. The smallest absolute Gasteiger partial charge is 0.394 e. The summed E-state index contributed by atoms with van der Waals surface area (Å²) < 4.78 is 63.5. The van der Waals surface area contributed by atoms with Crippen molar-refractivity contribution in [1.82, 2.24) is 0 Å². The molecule has 0 amide bonds. The van der Waals surface area contributed by atoms with Crippen molar-refractivity contribution >= 4 is 10.4 Å². The van der Waals surface area contributed by atoms with E-state index in [1.54, 1.807) is 6.92 Å². The summed E-state index contributed by atoms with van der Waals surface area (Å²) in [5, 5.41) is 32.2. The van der Waals surface area contributed by atoms with Gasteiger partial charge in [-0.05, 0) is 0 Å². The summed E-state index contributed by atoms with van der Waals surface area (Å²) in [6.07, 6.45) is -9.81. The van der Waals surface area contributed by atoms with E-state index in [4.69, 9.17) is 33.5 Å². The highest BCUT2D eigenvalue weighted by molar-refractivity contribution is 7.80. The van der Waals surface area contributed by atoms with Crippen molar-refractivity contribution in [1.29, 1.82) is 0 Å². The van der Waals surface area contributed by atoms with E-state index in [1.165, 1.54) is 7.11 Å². The number of aliphatic hydroxyl groups is 2. The summed E-state index contributed by atoms with van der Waals surface area (Å²) >= 11 is 0. The van der Waals surface area contributed by atoms with Gasteiger partial charge in [0.15, 0.2) is 18.7 Å². The van der Waals surface area contributed by atoms with Crippen LogP contribution in [-0.2, 0) is 48.2 Å². The Bertz CT molecular complexity index is 642. The standard InChI is InChI=1S/C14H24O14S/c1-5-8(16)13(23-6(3-15)9(5)26-28-17)25-10-7-4-22-11(10)12(14(21-2)24-7)27-29(18,19)20/h5-17H,3-4H2,1-2H3,(H,18,19,20)/t5-,6?,7?,8+,9-,10+,11-,12?,13?,14+/m1/s1. The van der Waals surface area contributed by atoms with E-state index in [9.17, 15) is 18.6 Å². The minimum absolute atomic E-state index is 0.00636. The first-order chi connectivity index (χ1) is 13.7. The van der Waals surface area contributed by atoms with Crippen molar-refractivity contribution in [2.24, 2.45) is 5.92 Å². The maximum absolute atomic E-state index is 11.2. The molecule has 0 spiro atoms. The van der Waals surface area contributed by atoms with Crippen molar-refractivity contribution in [3.63, 3.8) is 0 Å². The molecule has 3 fully saturated rings. The Labute approximate surface area is 165 Å². The van der Waals surface area contributed by atoms with Crippen LogP contribution in [0.4, 0.5) is 0 Å². The van der Waals surface area contributed by atoms with Crippen molar-refractivity contribution in [3.05, 3.63) is 0 Å². The third-order valence-corrected chi connectivity index (χ3v) is 5.61. The summed E-state index contributed by atoms with van der Waals surface area (Å²) in [4.78, 5) is 4.64. The van der Waals surface area contributed by atoms with Gasteiger partial charge in [0.2, 0.25) is 0 Å². The van der Waals surface area contributed by atoms with Gasteiger partial charge >= 0.3 is 10.4 Å². The van der Waals surface area contributed by atoms with Gasteiger partial charge < -0.3 is 33.9 Å². The SMILES string of the molecule is CO[C@H]1OC2CO[C@@H](C1OS(=O)(=O)O)[C@H]2OC1OC(CO)[C@H](OOO)[C@H](C)[C@@H]1O. The molecule has 15 heteroatoms. The highest BCUT2D eigenvalue weighted by Crippen LogP contribution is 2.37. The van der Waals surface area contributed by atoms with Crippen molar-refractivity contribution in [3.8, 4) is 0 Å². The third kappa shape index (κ3) is 4.87. The van der Waals surface area contributed by atoms with Gasteiger partial charge in [-0.15, -0.1) is 0 Å². The molecule has 0 aromatic carbocycles. The molecule has 0 radical (unpaired) electrons. The van der Waals surface area contributed by atoms with Crippen LogP contribution in [0.1, 0.15) is 6.92 Å². The van der Waals surface area contributed by atoms with E-state index in [-0.39, 0.29) is 6.61 Å². The van der Waals surface area contributed by atoms with Gasteiger partial charge in [-0.25, -0.2) is 9.44 Å². The van der Waals surface area contributed by atoms with Gasteiger partial charge in [-0.1, -0.05) is 12.0 Å². The van der Waals surface area contributed by atoms with E-state index < -0.39 is 78.2 Å². The lowest BCUT2D eigenvalue weighted by atomic mass is 9.90. The van der Waals surface area contributed by atoms with Crippen LogP contribution in [0.5, 0.6) is 0 Å². The predicted molar refractivity (Wildman–Crippen MR) is 86.2 cm³/mol. The largest absolute Gasteiger partial charge is 0.397 e. The second-order valence-electron chi connectivity index (χ2n) is 6.88. The highest BCUT2D eigenvalue weighted by atomic mass is 32.3. The summed E-state index contributed by atoms with van der Waals surface area (Å²) in [5.41, 5.74) is 0. The number of rotatable bonds is 8. The quantitative estimate of drug-likeness (QED) is 0.178. The molecule has 0 saturated carbocycles. The van der Waals surface area contributed by atoms with Crippen molar-refractivity contribution < 1.29 is 66.2 Å². The van der Waals surface area contributed by atoms with Gasteiger partial charge in [0.25, 0.3) is 0 Å². The molecule has 4 unspecified atom stereocenters. The fraction of sp³-hybridized carbons (Fsp3) is 1.00. The van der Waals surface area contributed by atoms with Crippen LogP contribution in [0.3, 0.4) is 0 Å². The molecule has 3 heterocycles. The lowest BCUT2D eigenvalue weighted by Crippen LogP contribution is -2.61. The normalized spacial score (nSPS) is 45.4. The topological polar surface area (TPSA) is 189 Å². The molecular formula is C14H24O14S. The van der Waals surface area contributed by atoms with E-state index in [2.05, 4.69) is 14.1 Å². The lowest BCUT2D eigenvalue weighted by molar-refractivity contribution is -0.524. The Morgan fingerprint density at radius 1 is 1.14 bits per heavy atom. The second-order valence-corrected chi connectivity index (χ2v) is 7.92. The number of hydrogen-bond acceptors (Lipinski definition) is 13. The number of fused-ring (bicyclic) bond motifs is 2. The molecule has 10 atom stereocenters. The van der Waals surface area contributed by atoms with E-state index in [0.717, 1.165) is 0 Å². The number of methoxy groups -OCH3 is 1. The van der Waals surface area contributed by atoms with Crippen molar-refractivity contribution in [2.75, 3.05) is 20.3 Å². The zero-order chi connectivity index (χ0) is 21.3. The minimum atomic E-state index is -4.86. The van der Waals surface area contributed by atoms with E-state index in [0.29, 0.717) is 0 Å². The third-order valence-electron chi connectivity index (χ3n) is 5.15. The Balaban J connectivity index is 1.75. The molecule has 0 aromatic rings.